The van der Waals surface area contributed by atoms with Crippen molar-refractivity contribution >= 4 is 11.7 Å². The van der Waals surface area contributed by atoms with E-state index in [1.807, 2.05) is 56.3 Å². The second-order valence-electron chi connectivity index (χ2n) is 7.05. The van der Waals surface area contributed by atoms with Crippen molar-refractivity contribution in [1.29, 1.82) is 0 Å². The zero-order valence-corrected chi connectivity index (χ0v) is 16.3. The summed E-state index contributed by atoms with van der Waals surface area (Å²) in [7, 11) is 1.58. The fraction of sp³-hybridized carbons (Fsp3) is 0.261. The van der Waals surface area contributed by atoms with Gasteiger partial charge in [0.1, 0.15) is 5.69 Å². The number of nitrogens with one attached hydrogen (secondary N) is 1. The summed E-state index contributed by atoms with van der Waals surface area (Å²) >= 11 is 0. The number of nitrogens with zero attached hydrogens (tertiary/aromatic N) is 1. The molecule has 0 saturated carbocycles. The van der Waals surface area contributed by atoms with Crippen LogP contribution in [0, 0.1) is 11.8 Å². The summed E-state index contributed by atoms with van der Waals surface area (Å²) in [6.45, 7) is 3.86. The number of hydrogen-bond acceptors (Lipinski definition) is 4. The molecule has 3 rings (SSSR count). The molecule has 1 N–H and O–H groups in total. The van der Waals surface area contributed by atoms with Crippen molar-refractivity contribution in [2.24, 2.45) is 11.8 Å². The zero-order valence-electron chi connectivity index (χ0n) is 16.3. The second kappa shape index (κ2) is 8.65. The van der Waals surface area contributed by atoms with Crippen LogP contribution in [0.4, 0.5) is 0 Å². The normalized spacial score (nSPS) is 12.0. The van der Waals surface area contributed by atoms with Gasteiger partial charge in [-0.1, -0.05) is 50.2 Å². The molecule has 2 aromatic heterocycles. The lowest BCUT2D eigenvalue weighted by atomic mass is 9.89. The van der Waals surface area contributed by atoms with Gasteiger partial charge >= 0.3 is 0 Å². The predicted octanol–water partition coefficient (Wildman–Crippen LogP) is 4.60. The summed E-state index contributed by atoms with van der Waals surface area (Å²) in [6.07, 6.45) is 1.90. The highest BCUT2D eigenvalue weighted by Crippen LogP contribution is 2.26. The van der Waals surface area contributed by atoms with Gasteiger partial charge in [0.05, 0.1) is 0 Å². The van der Waals surface area contributed by atoms with Crippen molar-refractivity contribution < 1.29 is 14.0 Å². The molecule has 0 aliphatic rings. The Kier molecular flexibility index (Phi) is 6.04. The van der Waals surface area contributed by atoms with Gasteiger partial charge in [0.25, 0.3) is 0 Å². The molecular weight excluding hydrogens is 352 g/mol. The Balaban J connectivity index is 1.74. The second-order valence-corrected chi connectivity index (χ2v) is 7.05. The van der Waals surface area contributed by atoms with E-state index in [4.69, 9.17) is 4.42 Å². The fourth-order valence-corrected chi connectivity index (χ4v) is 3.08. The number of hydrogen-bond donors (Lipinski definition) is 1. The Hall–Kier alpha value is -3.21. The van der Waals surface area contributed by atoms with Crippen molar-refractivity contribution in [3.63, 3.8) is 0 Å². The van der Waals surface area contributed by atoms with E-state index in [2.05, 4.69) is 10.3 Å². The number of amides is 1. The molecule has 0 spiro atoms. The van der Waals surface area contributed by atoms with E-state index in [0.29, 0.717) is 11.5 Å². The third kappa shape index (κ3) is 4.36. The first kappa shape index (κ1) is 19.5. The smallest absolute Gasteiger partial charge is 0.223 e. The number of Topliss-reactive ketones (excluding diaryl/α,β-unsaturated/α-hetero) is 1. The van der Waals surface area contributed by atoms with Gasteiger partial charge in [0, 0.05) is 31.1 Å². The number of aromatic nitrogens is 1. The molecule has 5 heteroatoms. The molecule has 1 aromatic carbocycles. The van der Waals surface area contributed by atoms with E-state index >= 15 is 0 Å². The van der Waals surface area contributed by atoms with Crippen molar-refractivity contribution in [2.75, 3.05) is 7.05 Å². The van der Waals surface area contributed by atoms with Crippen molar-refractivity contribution in [3.05, 3.63) is 66.6 Å². The first-order chi connectivity index (χ1) is 13.5. The highest BCUT2D eigenvalue weighted by molar-refractivity contribution is 5.96. The number of pyridine rings is 1. The molecule has 1 atom stereocenters. The number of furan rings is 1. The predicted molar refractivity (Wildman–Crippen MR) is 109 cm³/mol. The van der Waals surface area contributed by atoms with Gasteiger partial charge < -0.3 is 9.73 Å². The lowest BCUT2D eigenvalue weighted by molar-refractivity contribution is -0.125. The van der Waals surface area contributed by atoms with Gasteiger partial charge in [-0.2, -0.15) is 0 Å². The Morgan fingerprint density at radius 1 is 1.00 bits per heavy atom. The van der Waals surface area contributed by atoms with Crippen LogP contribution in [0.1, 0.15) is 30.8 Å². The van der Waals surface area contributed by atoms with Crippen molar-refractivity contribution in [1.82, 2.24) is 10.3 Å². The molecule has 0 aliphatic heterocycles. The maximum absolute atomic E-state index is 12.6. The van der Waals surface area contributed by atoms with E-state index in [1.165, 1.54) is 0 Å². The quantitative estimate of drug-likeness (QED) is 0.612. The summed E-state index contributed by atoms with van der Waals surface area (Å²) in [6, 6.07) is 17.2. The maximum atomic E-state index is 12.6. The molecule has 5 nitrogen and oxygen atoms in total. The molecule has 0 saturated heterocycles. The van der Waals surface area contributed by atoms with Crippen LogP contribution in [0.5, 0.6) is 0 Å². The molecule has 144 valence electrons. The Morgan fingerprint density at radius 2 is 1.75 bits per heavy atom. The number of carbonyl (C=O) groups excluding carboxylic acids is 2. The average molecular weight is 376 g/mol. The van der Waals surface area contributed by atoms with Gasteiger partial charge in [-0.15, -0.1) is 0 Å². The van der Waals surface area contributed by atoms with E-state index in [0.717, 1.165) is 11.1 Å². The lowest BCUT2D eigenvalue weighted by Gasteiger charge is -2.17. The fourth-order valence-electron chi connectivity index (χ4n) is 3.08. The summed E-state index contributed by atoms with van der Waals surface area (Å²) in [5.74, 6) is 0.144. The summed E-state index contributed by atoms with van der Waals surface area (Å²) in [4.78, 5) is 29.0. The minimum absolute atomic E-state index is 0.0607. The Morgan fingerprint density at radius 3 is 2.36 bits per heavy atom. The topological polar surface area (TPSA) is 72.2 Å². The zero-order chi connectivity index (χ0) is 20.1. The molecule has 0 fully saturated rings. The van der Waals surface area contributed by atoms with Gasteiger partial charge in [-0.05, 0) is 29.7 Å². The molecule has 1 amide bonds. The Labute approximate surface area is 164 Å². The van der Waals surface area contributed by atoms with Crippen LogP contribution in [0.25, 0.3) is 22.6 Å². The summed E-state index contributed by atoms with van der Waals surface area (Å²) in [5, 5.41) is 2.62. The molecule has 28 heavy (non-hydrogen) atoms. The third-order valence-corrected chi connectivity index (χ3v) is 4.80. The molecule has 0 unspecified atom stereocenters. The first-order valence-electron chi connectivity index (χ1n) is 9.36. The van der Waals surface area contributed by atoms with Gasteiger partial charge in [0.15, 0.2) is 17.3 Å². The minimum atomic E-state index is -0.380. The monoisotopic (exact) mass is 376 g/mol. The molecular formula is C23H24N2O3. The highest BCUT2D eigenvalue weighted by Gasteiger charge is 2.26. The van der Waals surface area contributed by atoms with E-state index in [1.54, 1.807) is 25.4 Å². The average Bonchev–Trinajstić information content (AvgIpc) is 3.22. The molecule has 0 bridgehead atoms. The summed E-state index contributed by atoms with van der Waals surface area (Å²) < 4.78 is 5.73. The van der Waals surface area contributed by atoms with Gasteiger partial charge in [0.2, 0.25) is 5.91 Å². The Bertz CT molecular complexity index is 943. The minimum Gasteiger partial charge on any atom is -0.451 e. The van der Waals surface area contributed by atoms with Crippen LogP contribution in [0.3, 0.4) is 0 Å². The SMILES string of the molecule is CNC(=O)[C@@H](CC(=O)c1ccc(-c2ccc(-c3ccccc3)cn2)o1)C(C)C. The molecule has 3 aromatic rings. The van der Waals surface area contributed by atoms with Crippen molar-refractivity contribution in [2.45, 2.75) is 20.3 Å². The van der Waals surface area contributed by atoms with Crippen LogP contribution >= 0.6 is 0 Å². The van der Waals surface area contributed by atoms with Crippen LogP contribution in [-0.2, 0) is 4.79 Å². The number of ketones is 1. The molecule has 0 radical (unpaired) electrons. The van der Waals surface area contributed by atoms with E-state index in [-0.39, 0.29) is 35.7 Å². The first-order valence-corrected chi connectivity index (χ1v) is 9.36. The third-order valence-electron chi connectivity index (χ3n) is 4.80. The maximum Gasteiger partial charge on any atom is 0.223 e. The lowest BCUT2D eigenvalue weighted by Crippen LogP contribution is -2.32. The van der Waals surface area contributed by atoms with Crippen LogP contribution < -0.4 is 5.32 Å². The van der Waals surface area contributed by atoms with Crippen LogP contribution in [0.15, 0.2) is 65.2 Å². The van der Waals surface area contributed by atoms with Gasteiger partial charge in [-0.25, -0.2) is 0 Å². The van der Waals surface area contributed by atoms with E-state index in [9.17, 15) is 9.59 Å². The molecule has 0 aliphatic carbocycles. The molecule has 2 heterocycles. The summed E-state index contributed by atoms with van der Waals surface area (Å²) in [5.41, 5.74) is 2.76. The van der Waals surface area contributed by atoms with Crippen molar-refractivity contribution in [3.8, 4) is 22.6 Å². The standard InChI is InChI=1S/C23H24N2O3/c1-15(2)18(23(27)24-3)13-20(26)22-12-11-21(28-22)19-10-9-17(14-25-19)16-7-5-4-6-8-16/h4-12,14-15,18H,13H2,1-3H3,(H,24,27)/t18-/m0/s1. The number of benzene rings is 1. The number of carbonyl (C=O) groups is 2. The van der Waals surface area contributed by atoms with Crippen LogP contribution in [0.2, 0.25) is 0 Å². The largest absolute Gasteiger partial charge is 0.451 e. The van der Waals surface area contributed by atoms with Gasteiger partial charge in [-0.3, -0.25) is 14.6 Å². The highest BCUT2D eigenvalue weighted by atomic mass is 16.3. The number of rotatable bonds is 7. The van der Waals surface area contributed by atoms with Crippen LogP contribution in [-0.4, -0.2) is 23.7 Å². The van der Waals surface area contributed by atoms with E-state index < -0.39 is 0 Å².